The van der Waals surface area contributed by atoms with Crippen LogP contribution >= 0.6 is 0 Å². The fraction of sp³-hybridized carbons (Fsp3) is 0.471. The van der Waals surface area contributed by atoms with Crippen molar-refractivity contribution in [3.05, 3.63) is 82.7 Å². The molecule has 0 saturated heterocycles. The van der Waals surface area contributed by atoms with E-state index in [1.54, 1.807) is 13.2 Å². The Hall–Kier alpha value is -2.81. The molecule has 3 heteroatoms. The van der Waals surface area contributed by atoms with E-state index in [1.807, 2.05) is 6.07 Å². The van der Waals surface area contributed by atoms with Gasteiger partial charge in [0.2, 0.25) is 0 Å². The van der Waals surface area contributed by atoms with E-state index >= 15 is 4.39 Å². The number of fused-ring (bicyclic) bond motifs is 2. The number of aryl methyl sites for hydroxylation is 1. The molecule has 0 aliphatic heterocycles. The summed E-state index contributed by atoms with van der Waals surface area (Å²) in [7, 11) is 1.63. The Labute approximate surface area is 221 Å². The Balaban J connectivity index is 1.31. The predicted molar refractivity (Wildman–Crippen MR) is 148 cm³/mol. The number of methoxy groups -OCH3 is 1. The third kappa shape index (κ3) is 4.15. The maximum absolute atomic E-state index is 15.1. The van der Waals surface area contributed by atoms with Crippen LogP contribution in [0.4, 0.5) is 4.39 Å². The molecule has 3 aliphatic rings. The van der Waals surface area contributed by atoms with Crippen molar-refractivity contribution in [1.29, 1.82) is 0 Å². The molecular formula is C34H39FO2. The van der Waals surface area contributed by atoms with E-state index in [4.69, 9.17) is 9.47 Å². The van der Waals surface area contributed by atoms with E-state index in [0.717, 1.165) is 29.2 Å². The van der Waals surface area contributed by atoms with Gasteiger partial charge in [0.25, 0.3) is 0 Å². The van der Waals surface area contributed by atoms with E-state index in [0.29, 0.717) is 29.3 Å². The van der Waals surface area contributed by atoms with Crippen molar-refractivity contribution in [2.75, 3.05) is 7.11 Å². The maximum atomic E-state index is 15.1. The molecule has 3 atom stereocenters. The zero-order chi connectivity index (χ0) is 25.8. The van der Waals surface area contributed by atoms with Crippen LogP contribution < -0.4 is 9.47 Å². The first-order valence-corrected chi connectivity index (χ1v) is 14.0. The Morgan fingerprint density at radius 3 is 2.43 bits per heavy atom. The molecule has 0 radical (unpaired) electrons. The van der Waals surface area contributed by atoms with Crippen molar-refractivity contribution in [3.63, 3.8) is 0 Å². The molecule has 3 aromatic carbocycles. The zero-order valence-electron chi connectivity index (χ0n) is 22.7. The highest BCUT2D eigenvalue weighted by Gasteiger charge is 2.49. The molecule has 0 heterocycles. The lowest BCUT2D eigenvalue weighted by molar-refractivity contribution is 0.138. The molecule has 0 bridgehead atoms. The number of hydrogen-bond acceptors (Lipinski definition) is 2. The molecule has 0 amide bonds. The van der Waals surface area contributed by atoms with Crippen LogP contribution in [0, 0.1) is 17.2 Å². The van der Waals surface area contributed by atoms with Gasteiger partial charge in [-0.1, -0.05) is 51.5 Å². The SMILES string of the molecule is COc1ccc(F)c(-c2ccc(COc3ccc4c(c3)C3(CC4)CCC3C)cc2C2CCCC2(C)C)c1. The van der Waals surface area contributed by atoms with E-state index in [9.17, 15) is 0 Å². The summed E-state index contributed by atoms with van der Waals surface area (Å²) in [6.45, 7) is 7.62. The molecule has 194 valence electrons. The van der Waals surface area contributed by atoms with Gasteiger partial charge < -0.3 is 9.47 Å². The van der Waals surface area contributed by atoms with Gasteiger partial charge in [-0.15, -0.1) is 0 Å². The Morgan fingerprint density at radius 2 is 1.73 bits per heavy atom. The fourth-order valence-corrected chi connectivity index (χ4v) is 7.52. The highest BCUT2D eigenvalue weighted by Crippen LogP contribution is 2.57. The molecule has 3 aromatic rings. The molecule has 37 heavy (non-hydrogen) atoms. The van der Waals surface area contributed by atoms with Crippen molar-refractivity contribution < 1.29 is 13.9 Å². The lowest BCUT2D eigenvalue weighted by Crippen LogP contribution is -2.40. The van der Waals surface area contributed by atoms with Crippen molar-refractivity contribution in [2.24, 2.45) is 11.3 Å². The van der Waals surface area contributed by atoms with E-state index in [1.165, 1.54) is 61.3 Å². The number of ether oxygens (including phenoxy) is 2. The normalized spacial score (nSPS) is 25.6. The average molecular weight is 499 g/mol. The smallest absolute Gasteiger partial charge is 0.131 e. The number of rotatable bonds is 6. The first-order chi connectivity index (χ1) is 17.8. The molecule has 0 aromatic heterocycles. The first-order valence-electron chi connectivity index (χ1n) is 14.0. The minimum absolute atomic E-state index is 0.178. The summed E-state index contributed by atoms with van der Waals surface area (Å²) < 4.78 is 26.9. The summed E-state index contributed by atoms with van der Waals surface area (Å²) in [6.07, 6.45) is 8.65. The zero-order valence-corrected chi connectivity index (χ0v) is 22.7. The van der Waals surface area contributed by atoms with Crippen LogP contribution in [-0.2, 0) is 18.4 Å². The number of hydrogen-bond donors (Lipinski definition) is 0. The highest BCUT2D eigenvalue weighted by atomic mass is 19.1. The lowest BCUT2D eigenvalue weighted by atomic mass is 9.58. The molecule has 3 aliphatic carbocycles. The van der Waals surface area contributed by atoms with Crippen LogP contribution in [0.1, 0.15) is 87.5 Å². The average Bonchev–Trinajstić information content (AvgIpc) is 3.47. The number of benzene rings is 3. The summed E-state index contributed by atoms with van der Waals surface area (Å²) in [5, 5.41) is 0. The third-order valence-electron chi connectivity index (χ3n) is 10.0. The third-order valence-corrected chi connectivity index (χ3v) is 10.0. The second-order valence-electron chi connectivity index (χ2n) is 12.4. The van der Waals surface area contributed by atoms with Crippen LogP contribution in [0.15, 0.2) is 54.6 Å². The van der Waals surface area contributed by atoms with Gasteiger partial charge in [0.05, 0.1) is 7.11 Å². The molecule has 1 spiro atoms. The number of halogens is 1. The molecular weight excluding hydrogens is 459 g/mol. The van der Waals surface area contributed by atoms with E-state index in [2.05, 4.69) is 57.2 Å². The standard InChI is InChI=1S/C34H39FO2/c1-22-13-16-34(22)17-14-24-8-9-26(20-31(24)34)37-21-23-7-11-27(29-19-25(36-4)10-12-32(29)35)28(18-23)30-6-5-15-33(30,2)3/h7-12,18-20,22,30H,5-6,13-17,21H2,1-4H3. The topological polar surface area (TPSA) is 18.5 Å². The summed E-state index contributed by atoms with van der Waals surface area (Å²) in [6, 6.07) is 18.2. The second kappa shape index (κ2) is 9.19. The lowest BCUT2D eigenvalue weighted by Gasteiger charge is -2.46. The molecule has 2 fully saturated rings. The van der Waals surface area contributed by atoms with Gasteiger partial charge in [0, 0.05) is 5.56 Å². The summed E-state index contributed by atoms with van der Waals surface area (Å²) in [4.78, 5) is 0. The van der Waals surface area contributed by atoms with Crippen molar-refractivity contribution in [2.45, 2.75) is 83.7 Å². The minimum atomic E-state index is -0.209. The van der Waals surface area contributed by atoms with Gasteiger partial charge >= 0.3 is 0 Å². The van der Waals surface area contributed by atoms with Crippen LogP contribution in [0.2, 0.25) is 0 Å². The molecule has 3 unspecified atom stereocenters. The molecule has 0 N–H and O–H groups in total. The van der Waals surface area contributed by atoms with E-state index in [-0.39, 0.29) is 11.2 Å². The Morgan fingerprint density at radius 1 is 0.892 bits per heavy atom. The van der Waals surface area contributed by atoms with Gasteiger partial charge in [-0.25, -0.2) is 4.39 Å². The second-order valence-corrected chi connectivity index (χ2v) is 12.4. The van der Waals surface area contributed by atoms with E-state index < -0.39 is 0 Å². The van der Waals surface area contributed by atoms with Crippen molar-refractivity contribution in [1.82, 2.24) is 0 Å². The summed E-state index contributed by atoms with van der Waals surface area (Å²) >= 11 is 0. The van der Waals surface area contributed by atoms with Crippen LogP contribution in [0.3, 0.4) is 0 Å². The predicted octanol–water partition coefficient (Wildman–Crippen LogP) is 8.99. The Kier molecular flexibility index (Phi) is 6.09. The van der Waals surface area contributed by atoms with Gasteiger partial charge in [0.1, 0.15) is 23.9 Å². The molecule has 2 saturated carbocycles. The Bertz CT molecular complexity index is 1330. The van der Waals surface area contributed by atoms with Crippen LogP contribution in [-0.4, -0.2) is 7.11 Å². The molecule has 2 nitrogen and oxygen atoms in total. The van der Waals surface area contributed by atoms with Gasteiger partial charge in [0.15, 0.2) is 0 Å². The summed E-state index contributed by atoms with van der Waals surface area (Å²) in [5.74, 6) is 2.58. The first kappa shape index (κ1) is 24.5. The van der Waals surface area contributed by atoms with Crippen molar-refractivity contribution in [3.8, 4) is 22.6 Å². The largest absolute Gasteiger partial charge is 0.497 e. The van der Waals surface area contributed by atoms with Crippen molar-refractivity contribution >= 4 is 0 Å². The maximum Gasteiger partial charge on any atom is 0.131 e. The minimum Gasteiger partial charge on any atom is -0.497 e. The summed E-state index contributed by atoms with van der Waals surface area (Å²) in [5.41, 5.74) is 7.55. The molecule has 6 rings (SSSR count). The quantitative estimate of drug-likeness (QED) is 0.338. The fourth-order valence-electron chi connectivity index (χ4n) is 7.52. The highest BCUT2D eigenvalue weighted by molar-refractivity contribution is 5.71. The monoisotopic (exact) mass is 498 g/mol. The van der Waals surface area contributed by atoms with Gasteiger partial charge in [-0.2, -0.15) is 0 Å². The van der Waals surface area contributed by atoms with Crippen LogP contribution in [0.5, 0.6) is 11.5 Å². The van der Waals surface area contributed by atoms with Gasteiger partial charge in [-0.3, -0.25) is 0 Å². The van der Waals surface area contributed by atoms with Crippen LogP contribution in [0.25, 0.3) is 11.1 Å². The van der Waals surface area contributed by atoms with Gasteiger partial charge in [-0.05, 0) is 119 Å².